The Balaban J connectivity index is 1.79. The minimum atomic E-state index is -0.724. The summed E-state index contributed by atoms with van der Waals surface area (Å²) in [4.78, 5) is 32.2. The third kappa shape index (κ3) is 2.81. The SMILES string of the molecule is CCc1cnc(CN2CCC(=O)NC(C)(C3CC3)C2=O)s1. The zero-order chi connectivity index (χ0) is 15.0. The highest BCUT2D eigenvalue weighted by atomic mass is 32.1. The van der Waals surface area contributed by atoms with Gasteiger partial charge in [0.05, 0.1) is 6.54 Å². The zero-order valence-electron chi connectivity index (χ0n) is 12.5. The van der Waals surface area contributed by atoms with Crippen LogP contribution in [0.5, 0.6) is 0 Å². The molecule has 2 heterocycles. The van der Waals surface area contributed by atoms with E-state index in [1.165, 1.54) is 4.88 Å². The number of nitrogens with one attached hydrogen (secondary N) is 1. The molecule has 2 fully saturated rings. The largest absolute Gasteiger partial charge is 0.342 e. The number of aromatic nitrogens is 1. The van der Waals surface area contributed by atoms with Crippen molar-refractivity contribution in [3.05, 3.63) is 16.1 Å². The van der Waals surface area contributed by atoms with Crippen LogP contribution in [0.15, 0.2) is 6.20 Å². The molecule has 1 unspecified atom stereocenters. The number of aryl methyl sites for hydroxylation is 1. The number of thiazole rings is 1. The van der Waals surface area contributed by atoms with Gasteiger partial charge in [-0.1, -0.05) is 6.92 Å². The fourth-order valence-corrected chi connectivity index (χ4v) is 3.79. The number of nitrogens with zero attached hydrogens (tertiary/aromatic N) is 2. The Bertz CT molecular complexity index is 567. The molecule has 1 aromatic heterocycles. The van der Waals surface area contributed by atoms with Gasteiger partial charge in [-0.25, -0.2) is 4.98 Å². The zero-order valence-corrected chi connectivity index (χ0v) is 13.3. The molecule has 0 aromatic carbocycles. The standard InChI is InChI=1S/C15H21N3O2S/c1-3-11-8-16-13(21-11)9-18-7-6-12(19)17-15(2,14(18)20)10-4-5-10/h8,10H,3-7,9H2,1-2H3,(H,17,19). The average Bonchev–Trinajstić information content (AvgIpc) is 3.23. The highest BCUT2D eigenvalue weighted by molar-refractivity contribution is 7.11. The Morgan fingerprint density at radius 1 is 1.48 bits per heavy atom. The first-order valence-electron chi connectivity index (χ1n) is 7.57. The van der Waals surface area contributed by atoms with Crippen molar-refractivity contribution in [2.45, 2.75) is 51.6 Å². The van der Waals surface area contributed by atoms with Crippen LogP contribution < -0.4 is 5.32 Å². The highest BCUT2D eigenvalue weighted by Gasteiger charge is 2.51. The lowest BCUT2D eigenvalue weighted by atomic mass is 9.94. The number of rotatable bonds is 4. The number of carbonyl (C=O) groups excluding carboxylic acids is 2. The van der Waals surface area contributed by atoms with Crippen molar-refractivity contribution in [1.29, 1.82) is 0 Å². The van der Waals surface area contributed by atoms with Gasteiger partial charge in [-0.15, -0.1) is 11.3 Å². The Labute approximate surface area is 128 Å². The van der Waals surface area contributed by atoms with Crippen molar-refractivity contribution in [1.82, 2.24) is 15.2 Å². The van der Waals surface area contributed by atoms with Crippen LogP contribution in [-0.4, -0.2) is 33.8 Å². The summed E-state index contributed by atoms with van der Waals surface area (Å²) in [6.45, 7) is 4.97. The van der Waals surface area contributed by atoms with E-state index in [4.69, 9.17) is 0 Å². The van der Waals surface area contributed by atoms with Crippen molar-refractivity contribution in [2.75, 3.05) is 6.54 Å². The molecule has 1 aromatic rings. The predicted octanol–water partition coefficient (Wildman–Crippen LogP) is 1.72. The van der Waals surface area contributed by atoms with Crippen LogP contribution in [0.25, 0.3) is 0 Å². The van der Waals surface area contributed by atoms with Gasteiger partial charge in [0, 0.05) is 24.0 Å². The fourth-order valence-electron chi connectivity index (χ4n) is 2.91. The molecule has 21 heavy (non-hydrogen) atoms. The summed E-state index contributed by atoms with van der Waals surface area (Å²) in [5.74, 6) is 0.315. The minimum Gasteiger partial charge on any atom is -0.342 e. The number of hydrogen-bond donors (Lipinski definition) is 1. The molecule has 1 saturated carbocycles. The Morgan fingerprint density at radius 2 is 2.24 bits per heavy atom. The van der Waals surface area contributed by atoms with Crippen molar-refractivity contribution in [3.63, 3.8) is 0 Å². The van der Waals surface area contributed by atoms with E-state index in [2.05, 4.69) is 17.2 Å². The van der Waals surface area contributed by atoms with Crippen LogP contribution in [0.2, 0.25) is 0 Å². The molecular formula is C15H21N3O2S. The van der Waals surface area contributed by atoms with E-state index >= 15 is 0 Å². The summed E-state index contributed by atoms with van der Waals surface area (Å²) in [7, 11) is 0. The molecular weight excluding hydrogens is 286 g/mol. The van der Waals surface area contributed by atoms with E-state index in [1.54, 1.807) is 16.2 Å². The van der Waals surface area contributed by atoms with Crippen molar-refractivity contribution < 1.29 is 9.59 Å². The summed E-state index contributed by atoms with van der Waals surface area (Å²) < 4.78 is 0. The Morgan fingerprint density at radius 3 is 2.86 bits per heavy atom. The monoisotopic (exact) mass is 307 g/mol. The summed E-state index contributed by atoms with van der Waals surface area (Å²) in [5, 5.41) is 3.90. The van der Waals surface area contributed by atoms with E-state index in [9.17, 15) is 9.59 Å². The van der Waals surface area contributed by atoms with Gasteiger partial charge in [-0.3, -0.25) is 9.59 Å². The first-order chi connectivity index (χ1) is 10.0. The molecule has 2 amide bonds. The Kier molecular flexibility index (Phi) is 3.73. The van der Waals surface area contributed by atoms with E-state index < -0.39 is 5.54 Å². The molecule has 0 radical (unpaired) electrons. The molecule has 0 spiro atoms. The fraction of sp³-hybridized carbons (Fsp3) is 0.667. The molecule has 1 aliphatic carbocycles. The van der Waals surface area contributed by atoms with Gasteiger partial charge in [0.1, 0.15) is 10.5 Å². The van der Waals surface area contributed by atoms with E-state index in [0.29, 0.717) is 19.5 Å². The summed E-state index contributed by atoms with van der Waals surface area (Å²) >= 11 is 1.65. The molecule has 1 saturated heterocycles. The topological polar surface area (TPSA) is 62.3 Å². The van der Waals surface area contributed by atoms with Gasteiger partial charge >= 0.3 is 0 Å². The van der Waals surface area contributed by atoms with Crippen LogP contribution in [0.4, 0.5) is 0 Å². The van der Waals surface area contributed by atoms with Gasteiger partial charge in [0.15, 0.2) is 0 Å². The van der Waals surface area contributed by atoms with E-state index in [-0.39, 0.29) is 17.7 Å². The van der Waals surface area contributed by atoms with Gasteiger partial charge in [-0.05, 0) is 32.1 Å². The lowest BCUT2D eigenvalue weighted by Gasteiger charge is -2.31. The first kappa shape index (κ1) is 14.5. The first-order valence-corrected chi connectivity index (χ1v) is 8.38. The van der Waals surface area contributed by atoms with Gasteiger partial charge in [0.2, 0.25) is 11.8 Å². The van der Waals surface area contributed by atoms with E-state index in [0.717, 1.165) is 24.3 Å². The molecule has 1 atom stereocenters. The third-order valence-corrected chi connectivity index (χ3v) is 5.54. The molecule has 1 aliphatic heterocycles. The maximum absolute atomic E-state index is 12.9. The second-order valence-electron chi connectivity index (χ2n) is 6.08. The van der Waals surface area contributed by atoms with Gasteiger partial charge in [-0.2, -0.15) is 0 Å². The van der Waals surface area contributed by atoms with Crippen LogP contribution in [0.1, 0.15) is 43.0 Å². The second kappa shape index (κ2) is 5.40. The highest BCUT2D eigenvalue weighted by Crippen LogP contribution is 2.41. The molecule has 114 valence electrons. The molecule has 0 bridgehead atoms. The molecule has 2 aliphatic rings. The third-order valence-electron chi connectivity index (χ3n) is 4.41. The molecule has 5 nitrogen and oxygen atoms in total. The quantitative estimate of drug-likeness (QED) is 0.921. The maximum atomic E-state index is 12.9. The number of hydrogen-bond acceptors (Lipinski definition) is 4. The lowest BCUT2D eigenvalue weighted by Crippen LogP contribution is -2.56. The summed E-state index contributed by atoms with van der Waals surface area (Å²) in [6.07, 6.45) is 5.26. The van der Waals surface area contributed by atoms with Crippen molar-refractivity contribution in [2.24, 2.45) is 5.92 Å². The van der Waals surface area contributed by atoms with E-state index in [1.807, 2.05) is 13.1 Å². The average molecular weight is 307 g/mol. The predicted molar refractivity (Wildman–Crippen MR) is 80.8 cm³/mol. The van der Waals surface area contributed by atoms with Crippen LogP contribution in [0, 0.1) is 5.92 Å². The summed E-state index contributed by atoms with van der Waals surface area (Å²) in [6, 6.07) is 0. The summed E-state index contributed by atoms with van der Waals surface area (Å²) in [5.41, 5.74) is -0.724. The smallest absolute Gasteiger partial charge is 0.248 e. The molecule has 1 N–H and O–H groups in total. The van der Waals surface area contributed by atoms with Crippen molar-refractivity contribution >= 4 is 23.2 Å². The van der Waals surface area contributed by atoms with Crippen molar-refractivity contribution in [3.8, 4) is 0 Å². The second-order valence-corrected chi connectivity index (χ2v) is 7.28. The normalized spacial score (nSPS) is 26.7. The molecule has 3 rings (SSSR count). The van der Waals surface area contributed by atoms with Crippen LogP contribution in [0.3, 0.4) is 0 Å². The van der Waals surface area contributed by atoms with Crippen LogP contribution in [-0.2, 0) is 22.6 Å². The van der Waals surface area contributed by atoms with Crippen LogP contribution >= 0.6 is 11.3 Å². The maximum Gasteiger partial charge on any atom is 0.248 e. The molecule has 6 heteroatoms. The van der Waals surface area contributed by atoms with Gasteiger partial charge in [0.25, 0.3) is 0 Å². The lowest BCUT2D eigenvalue weighted by molar-refractivity contribution is -0.139. The Hall–Kier alpha value is -1.43. The van der Waals surface area contributed by atoms with Gasteiger partial charge < -0.3 is 10.2 Å². The number of carbonyl (C=O) groups is 2. The number of amides is 2. The minimum absolute atomic E-state index is 0.0198.